The molecule has 2 amide bonds. The van der Waals surface area contributed by atoms with Crippen molar-refractivity contribution in [1.29, 1.82) is 0 Å². The molecule has 0 bridgehead atoms. The van der Waals surface area contributed by atoms with Gasteiger partial charge in [-0.25, -0.2) is 4.79 Å². The van der Waals surface area contributed by atoms with E-state index in [2.05, 4.69) is 10.6 Å². The van der Waals surface area contributed by atoms with Gasteiger partial charge in [0.15, 0.2) is 0 Å². The molecule has 29 heavy (non-hydrogen) atoms. The van der Waals surface area contributed by atoms with E-state index >= 15 is 0 Å². The molecule has 1 unspecified atom stereocenters. The summed E-state index contributed by atoms with van der Waals surface area (Å²) in [5.41, 5.74) is 2.16. The molecule has 152 valence electrons. The van der Waals surface area contributed by atoms with Gasteiger partial charge in [-0.2, -0.15) is 0 Å². The number of benzene rings is 2. The van der Waals surface area contributed by atoms with Crippen LogP contribution in [0.1, 0.15) is 42.1 Å². The summed E-state index contributed by atoms with van der Waals surface area (Å²) in [5.74, 6) is -1.04. The van der Waals surface area contributed by atoms with E-state index < -0.39 is 5.97 Å². The van der Waals surface area contributed by atoms with Gasteiger partial charge in [0.25, 0.3) is 0 Å². The van der Waals surface area contributed by atoms with Crippen molar-refractivity contribution in [1.82, 2.24) is 0 Å². The average molecular weight is 413 g/mol. The second kappa shape index (κ2) is 9.13. The van der Waals surface area contributed by atoms with Crippen LogP contribution in [0.15, 0.2) is 47.4 Å². The summed E-state index contributed by atoms with van der Waals surface area (Å²) in [6.07, 6.45) is 2.49. The van der Waals surface area contributed by atoms with E-state index in [0.29, 0.717) is 12.1 Å². The van der Waals surface area contributed by atoms with E-state index in [-0.39, 0.29) is 28.5 Å². The van der Waals surface area contributed by atoms with Gasteiger partial charge < -0.3 is 15.7 Å². The van der Waals surface area contributed by atoms with Crippen LogP contribution in [-0.4, -0.2) is 28.1 Å². The zero-order chi connectivity index (χ0) is 21.0. The van der Waals surface area contributed by atoms with Crippen LogP contribution < -0.4 is 10.6 Å². The number of carbonyl (C=O) groups excluding carboxylic acids is 2. The highest BCUT2D eigenvalue weighted by atomic mass is 32.2. The van der Waals surface area contributed by atoms with Crippen LogP contribution in [0.5, 0.6) is 0 Å². The van der Waals surface area contributed by atoms with Gasteiger partial charge in [0, 0.05) is 22.2 Å². The number of carboxylic acid groups (broad SMARTS) is 1. The minimum absolute atomic E-state index is 0.0470. The number of rotatable bonds is 8. The lowest BCUT2D eigenvalue weighted by molar-refractivity contribution is -0.117. The summed E-state index contributed by atoms with van der Waals surface area (Å²) < 4.78 is 0. The normalized spacial score (nSPS) is 14.1. The lowest BCUT2D eigenvalue weighted by atomic mass is 10.1. The maximum Gasteiger partial charge on any atom is 0.335 e. The van der Waals surface area contributed by atoms with Gasteiger partial charge in [-0.3, -0.25) is 9.59 Å². The summed E-state index contributed by atoms with van der Waals surface area (Å²) in [7, 11) is 0. The first-order chi connectivity index (χ1) is 13.9. The van der Waals surface area contributed by atoms with Crippen LogP contribution in [0.2, 0.25) is 0 Å². The first-order valence-electron chi connectivity index (χ1n) is 9.59. The lowest BCUT2D eigenvalue weighted by Crippen LogP contribution is -2.25. The Morgan fingerprint density at radius 2 is 1.90 bits per heavy atom. The third-order valence-corrected chi connectivity index (χ3v) is 6.09. The fourth-order valence-corrected chi connectivity index (χ4v) is 3.84. The maximum absolute atomic E-state index is 12.8. The first kappa shape index (κ1) is 20.9. The minimum atomic E-state index is -1.04. The fourth-order valence-electron chi connectivity index (χ4n) is 2.83. The number of nitrogens with one attached hydrogen (secondary N) is 2. The summed E-state index contributed by atoms with van der Waals surface area (Å²) in [5, 5.41) is 14.6. The van der Waals surface area contributed by atoms with Gasteiger partial charge >= 0.3 is 5.97 Å². The molecule has 6 nitrogen and oxygen atoms in total. The molecule has 0 spiro atoms. The Labute approximate surface area is 174 Å². The van der Waals surface area contributed by atoms with Gasteiger partial charge in [0.2, 0.25) is 11.8 Å². The maximum atomic E-state index is 12.8. The molecule has 1 saturated carbocycles. The van der Waals surface area contributed by atoms with Gasteiger partial charge in [0.05, 0.1) is 10.8 Å². The number of hydrogen-bond donors (Lipinski definition) is 3. The molecule has 1 aliphatic rings. The Balaban J connectivity index is 1.68. The number of aryl methyl sites for hydroxylation is 1. The lowest BCUT2D eigenvalue weighted by Gasteiger charge is -2.17. The standard InChI is InChI=1S/C22H24N2O4S/c1-3-19(21(26)24-18-11-15(22(27)28)8-7-13(18)2)29-17-6-4-5-16(12-17)23-20(25)14-9-10-14/h4-8,11-12,14,19H,3,9-10H2,1-2H3,(H,23,25)(H,24,26)(H,27,28). The van der Waals surface area contributed by atoms with Gasteiger partial charge in [0.1, 0.15) is 0 Å². The third kappa shape index (κ3) is 5.60. The SMILES string of the molecule is CCC(Sc1cccc(NC(=O)C2CC2)c1)C(=O)Nc1cc(C(=O)O)ccc1C. The third-order valence-electron chi connectivity index (χ3n) is 4.73. The van der Waals surface area contributed by atoms with E-state index in [4.69, 9.17) is 5.11 Å². The molecule has 2 aromatic rings. The van der Waals surface area contributed by atoms with Crippen LogP contribution in [0, 0.1) is 12.8 Å². The van der Waals surface area contributed by atoms with Crippen molar-refractivity contribution in [3.05, 3.63) is 53.6 Å². The number of anilines is 2. The highest BCUT2D eigenvalue weighted by Gasteiger charge is 2.29. The Hall–Kier alpha value is -2.80. The van der Waals surface area contributed by atoms with Crippen LogP contribution in [0.4, 0.5) is 11.4 Å². The first-order valence-corrected chi connectivity index (χ1v) is 10.5. The highest BCUT2D eigenvalue weighted by molar-refractivity contribution is 8.00. The second-order valence-electron chi connectivity index (χ2n) is 7.13. The van der Waals surface area contributed by atoms with Gasteiger partial charge in [-0.15, -0.1) is 11.8 Å². The highest BCUT2D eigenvalue weighted by Crippen LogP contribution is 2.32. The number of carboxylic acids is 1. The number of thioether (sulfide) groups is 1. The van der Waals surface area contributed by atoms with Crippen molar-refractivity contribution in [2.24, 2.45) is 5.92 Å². The molecule has 0 heterocycles. The van der Waals surface area contributed by atoms with Crippen molar-refractivity contribution >= 4 is 40.9 Å². The van der Waals surface area contributed by atoms with Crippen molar-refractivity contribution in [3.8, 4) is 0 Å². The van der Waals surface area contributed by atoms with E-state index in [1.807, 2.05) is 38.1 Å². The Morgan fingerprint density at radius 1 is 1.14 bits per heavy atom. The van der Waals surface area contributed by atoms with Crippen LogP contribution in [-0.2, 0) is 9.59 Å². The topological polar surface area (TPSA) is 95.5 Å². The molecular formula is C22H24N2O4S. The molecule has 1 aliphatic carbocycles. The van der Waals surface area contributed by atoms with E-state index in [1.165, 1.54) is 23.9 Å². The monoisotopic (exact) mass is 412 g/mol. The number of aromatic carboxylic acids is 1. The molecule has 2 aromatic carbocycles. The fraction of sp³-hybridized carbons (Fsp3) is 0.318. The average Bonchev–Trinajstić information content (AvgIpc) is 3.53. The van der Waals surface area contributed by atoms with Crippen LogP contribution in [0.3, 0.4) is 0 Å². The number of hydrogen-bond acceptors (Lipinski definition) is 4. The Bertz CT molecular complexity index is 940. The van der Waals surface area contributed by atoms with Crippen molar-refractivity contribution < 1.29 is 19.5 Å². The van der Waals surface area contributed by atoms with E-state index in [1.54, 1.807) is 6.07 Å². The van der Waals surface area contributed by atoms with Crippen LogP contribution >= 0.6 is 11.8 Å². The molecule has 1 fully saturated rings. The molecule has 1 atom stereocenters. The van der Waals surface area contributed by atoms with Crippen molar-refractivity contribution in [3.63, 3.8) is 0 Å². The molecule has 7 heteroatoms. The summed E-state index contributed by atoms with van der Waals surface area (Å²) in [6.45, 7) is 3.75. The number of amides is 2. The summed E-state index contributed by atoms with van der Waals surface area (Å²) >= 11 is 1.42. The zero-order valence-corrected chi connectivity index (χ0v) is 17.2. The van der Waals surface area contributed by atoms with Gasteiger partial charge in [-0.1, -0.05) is 19.1 Å². The predicted octanol–water partition coefficient (Wildman–Crippen LogP) is 4.55. The molecule has 0 aliphatic heterocycles. The summed E-state index contributed by atoms with van der Waals surface area (Å²) in [6, 6.07) is 12.1. The molecular weight excluding hydrogens is 388 g/mol. The zero-order valence-electron chi connectivity index (χ0n) is 16.4. The Kier molecular flexibility index (Phi) is 6.59. The smallest absolute Gasteiger partial charge is 0.335 e. The quantitative estimate of drug-likeness (QED) is 0.553. The van der Waals surface area contributed by atoms with Crippen LogP contribution in [0.25, 0.3) is 0 Å². The van der Waals surface area contributed by atoms with E-state index in [9.17, 15) is 14.4 Å². The number of carbonyl (C=O) groups is 3. The molecule has 0 saturated heterocycles. The van der Waals surface area contributed by atoms with Crippen molar-refractivity contribution in [2.45, 2.75) is 43.3 Å². The molecule has 3 N–H and O–H groups in total. The van der Waals surface area contributed by atoms with Crippen molar-refractivity contribution in [2.75, 3.05) is 10.6 Å². The molecule has 0 radical (unpaired) electrons. The minimum Gasteiger partial charge on any atom is -0.478 e. The predicted molar refractivity (Wildman–Crippen MR) is 114 cm³/mol. The van der Waals surface area contributed by atoms with Gasteiger partial charge in [-0.05, 0) is 62.1 Å². The largest absolute Gasteiger partial charge is 0.478 e. The Morgan fingerprint density at radius 3 is 2.55 bits per heavy atom. The second-order valence-corrected chi connectivity index (χ2v) is 8.41. The molecule has 3 rings (SSSR count). The molecule has 0 aromatic heterocycles. The van der Waals surface area contributed by atoms with E-state index in [0.717, 1.165) is 29.0 Å². The summed E-state index contributed by atoms with van der Waals surface area (Å²) in [4.78, 5) is 36.8.